The van der Waals surface area contributed by atoms with Crippen LogP contribution < -0.4 is 10.3 Å². The van der Waals surface area contributed by atoms with Crippen molar-refractivity contribution in [3.63, 3.8) is 0 Å². The SMILES string of the molecule is CCOc1ccc(-n2c(SCc3ccccc3F)nc3sc4c(c3c2=O)CCN(C)C4)cc1. The Kier molecular flexibility index (Phi) is 6.23. The zero-order valence-corrected chi connectivity index (χ0v) is 20.1. The number of halogens is 1. The first-order valence-electron chi connectivity index (χ1n) is 10.9. The van der Waals surface area contributed by atoms with Crippen molar-refractivity contribution in [3.05, 3.63) is 80.7 Å². The van der Waals surface area contributed by atoms with Crippen LogP contribution in [0.2, 0.25) is 0 Å². The van der Waals surface area contributed by atoms with Crippen LogP contribution in [0.3, 0.4) is 0 Å². The summed E-state index contributed by atoms with van der Waals surface area (Å²) in [5.74, 6) is 0.880. The van der Waals surface area contributed by atoms with E-state index in [-0.39, 0.29) is 11.4 Å². The Hall–Kier alpha value is -2.68. The summed E-state index contributed by atoms with van der Waals surface area (Å²) in [4.78, 5) is 23.0. The van der Waals surface area contributed by atoms with Gasteiger partial charge in [-0.15, -0.1) is 11.3 Å². The summed E-state index contributed by atoms with van der Waals surface area (Å²) in [6.07, 6.45) is 0.841. The standard InChI is InChI=1S/C25H24FN3O2S2/c1-3-31-18-10-8-17(9-11-18)29-24(30)22-19-12-13-28(2)14-21(19)33-23(22)27-25(29)32-15-16-6-4-5-7-20(16)26/h4-11H,3,12-15H2,1-2H3. The molecule has 0 bridgehead atoms. The van der Waals surface area contributed by atoms with Crippen molar-refractivity contribution in [1.29, 1.82) is 0 Å². The molecule has 1 aliphatic rings. The van der Waals surface area contributed by atoms with Crippen molar-refractivity contribution < 1.29 is 9.13 Å². The van der Waals surface area contributed by atoms with Gasteiger partial charge in [-0.1, -0.05) is 30.0 Å². The van der Waals surface area contributed by atoms with Crippen LogP contribution >= 0.6 is 23.1 Å². The number of rotatable bonds is 6. The van der Waals surface area contributed by atoms with Crippen LogP contribution in [0.15, 0.2) is 58.5 Å². The molecule has 5 nitrogen and oxygen atoms in total. The summed E-state index contributed by atoms with van der Waals surface area (Å²) in [5.41, 5.74) is 2.36. The topological polar surface area (TPSA) is 47.4 Å². The van der Waals surface area contributed by atoms with Crippen LogP contribution in [0, 0.1) is 5.82 Å². The summed E-state index contributed by atoms with van der Waals surface area (Å²) in [7, 11) is 2.09. The first-order valence-corrected chi connectivity index (χ1v) is 12.7. The van der Waals surface area contributed by atoms with Gasteiger partial charge < -0.3 is 9.64 Å². The van der Waals surface area contributed by atoms with Crippen LogP contribution in [0.25, 0.3) is 15.9 Å². The average Bonchev–Trinajstić information content (AvgIpc) is 3.17. The summed E-state index contributed by atoms with van der Waals surface area (Å²) in [6.45, 7) is 4.26. The van der Waals surface area contributed by atoms with Crippen LogP contribution in [0.4, 0.5) is 4.39 Å². The fourth-order valence-electron chi connectivity index (χ4n) is 4.09. The molecule has 1 aliphatic heterocycles. The normalized spacial score (nSPS) is 13.9. The molecule has 170 valence electrons. The Bertz CT molecular complexity index is 1360. The maximum atomic E-state index is 14.2. The molecule has 5 rings (SSSR count). The number of aromatic nitrogens is 2. The Morgan fingerprint density at radius 1 is 1.18 bits per heavy atom. The van der Waals surface area contributed by atoms with Crippen LogP contribution in [0.5, 0.6) is 5.75 Å². The number of nitrogens with zero attached hydrogens (tertiary/aromatic N) is 3. The number of benzene rings is 2. The smallest absolute Gasteiger partial charge is 0.267 e. The number of ether oxygens (including phenoxy) is 1. The van der Waals surface area contributed by atoms with E-state index >= 15 is 0 Å². The zero-order valence-electron chi connectivity index (χ0n) is 18.5. The second kappa shape index (κ2) is 9.29. The number of likely N-dealkylation sites (N-methyl/N-ethyl adjacent to an activating group) is 1. The van der Waals surface area contributed by atoms with Gasteiger partial charge in [0.05, 0.1) is 17.7 Å². The monoisotopic (exact) mass is 481 g/mol. The summed E-state index contributed by atoms with van der Waals surface area (Å²) < 4.78 is 21.5. The molecule has 0 spiro atoms. The number of fused-ring (bicyclic) bond motifs is 3. The predicted molar refractivity (Wildman–Crippen MR) is 132 cm³/mol. The molecule has 2 aromatic carbocycles. The summed E-state index contributed by atoms with van der Waals surface area (Å²) in [5, 5.41) is 1.28. The van der Waals surface area contributed by atoms with Crippen molar-refractivity contribution in [1.82, 2.24) is 14.5 Å². The molecule has 0 amide bonds. The molecule has 8 heteroatoms. The van der Waals surface area contributed by atoms with Gasteiger partial charge >= 0.3 is 0 Å². The van der Waals surface area contributed by atoms with Crippen molar-refractivity contribution in [2.24, 2.45) is 0 Å². The van der Waals surface area contributed by atoms with Gasteiger partial charge in [-0.2, -0.15) is 0 Å². The Labute approximate surface area is 199 Å². The van der Waals surface area contributed by atoms with Gasteiger partial charge in [0.25, 0.3) is 5.56 Å². The molecule has 4 aromatic rings. The van der Waals surface area contributed by atoms with E-state index in [0.717, 1.165) is 41.3 Å². The van der Waals surface area contributed by atoms with Crippen LogP contribution in [0.1, 0.15) is 22.9 Å². The minimum Gasteiger partial charge on any atom is -0.494 e. The number of hydrogen-bond acceptors (Lipinski definition) is 6. The minimum atomic E-state index is -0.254. The van der Waals surface area contributed by atoms with Gasteiger partial charge in [0.15, 0.2) is 5.16 Å². The van der Waals surface area contributed by atoms with E-state index in [4.69, 9.17) is 9.72 Å². The van der Waals surface area contributed by atoms with Gasteiger partial charge in [-0.3, -0.25) is 9.36 Å². The molecule has 0 N–H and O–H groups in total. The molecule has 0 atom stereocenters. The molecule has 0 saturated heterocycles. The van der Waals surface area contributed by atoms with E-state index in [1.165, 1.54) is 22.7 Å². The number of hydrogen-bond donors (Lipinski definition) is 0. The first kappa shape index (κ1) is 22.1. The second-order valence-corrected chi connectivity index (χ2v) is 10.0. The average molecular weight is 482 g/mol. The first-order chi connectivity index (χ1) is 16.0. The molecular formula is C25H24FN3O2S2. The van der Waals surface area contributed by atoms with Gasteiger partial charge in [0.1, 0.15) is 16.4 Å². The lowest BCUT2D eigenvalue weighted by Crippen LogP contribution is -2.27. The predicted octanol–water partition coefficient (Wildman–Crippen LogP) is 5.27. The quantitative estimate of drug-likeness (QED) is 0.278. The highest BCUT2D eigenvalue weighted by atomic mass is 32.2. The highest BCUT2D eigenvalue weighted by molar-refractivity contribution is 7.98. The van der Waals surface area contributed by atoms with Gasteiger partial charge in [0, 0.05) is 23.7 Å². The molecule has 0 aliphatic carbocycles. The molecule has 0 radical (unpaired) electrons. The Morgan fingerprint density at radius 2 is 1.97 bits per heavy atom. The molecule has 0 saturated carbocycles. The molecule has 3 heterocycles. The largest absolute Gasteiger partial charge is 0.494 e. The lowest BCUT2D eigenvalue weighted by atomic mass is 10.1. The highest BCUT2D eigenvalue weighted by Crippen LogP contribution is 2.34. The lowest BCUT2D eigenvalue weighted by molar-refractivity contribution is 0.318. The van der Waals surface area contributed by atoms with Crippen LogP contribution in [-0.2, 0) is 18.7 Å². The third kappa shape index (κ3) is 4.30. The highest BCUT2D eigenvalue weighted by Gasteiger charge is 2.24. The minimum absolute atomic E-state index is 0.0674. The zero-order chi connectivity index (χ0) is 22.9. The molecule has 33 heavy (non-hydrogen) atoms. The van der Waals surface area contributed by atoms with Gasteiger partial charge in [-0.25, -0.2) is 9.37 Å². The molecule has 0 unspecified atom stereocenters. The van der Waals surface area contributed by atoms with E-state index in [9.17, 15) is 9.18 Å². The maximum Gasteiger partial charge on any atom is 0.267 e. The maximum absolute atomic E-state index is 14.2. The molecular weight excluding hydrogens is 457 g/mol. The Balaban J connectivity index is 1.64. The van der Waals surface area contributed by atoms with Crippen molar-refractivity contribution in [2.45, 2.75) is 30.8 Å². The lowest BCUT2D eigenvalue weighted by Gasteiger charge is -2.21. The van der Waals surface area contributed by atoms with Crippen molar-refractivity contribution in [3.8, 4) is 11.4 Å². The second-order valence-electron chi connectivity index (χ2n) is 8.01. The fraction of sp³-hybridized carbons (Fsp3) is 0.280. The molecule has 2 aromatic heterocycles. The van der Waals surface area contributed by atoms with Crippen molar-refractivity contribution in [2.75, 3.05) is 20.2 Å². The van der Waals surface area contributed by atoms with E-state index in [0.29, 0.717) is 28.5 Å². The third-order valence-corrected chi connectivity index (χ3v) is 7.85. The number of thiophene rings is 1. The number of thioether (sulfide) groups is 1. The van der Waals surface area contributed by atoms with Crippen LogP contribution in [-0.4, -0.2) is 34.7 Å². The van der Waals surface area contributed by atoms with E-state index < -0.39 is 0 Å². The van der Waals surface area contributed by atoms with E-state index in [1.54, 1.807) is 28.0 Å². The summed E-state index contributed by atoms with van der Waals surface area (Å²) in [6, 6.07) is 14.2. The van der Waals surface area contributed by atoms with Gasteiger partial charge in [0.2, 0.25) is 0 Å². The van der Waals surface area contributed by atoms with E-state index in [1.807, 2.05) is 37.3 Å². The fourth-order valence-corrected chi connectivity index (χ4v) is 6.43. The van der Waals surface area contributed by atoms with Gasteiger partial charge in [-0.05, 0) is 61.9 Å². The Morgan fingerprint density at radius 3 is 2.73 bits per heavy atom. The van der Waals surface area contributed by atoms with Crippen molar-refractivity contribution >= 4 is 33.3 Å². The van der Waals surface area contributed by atoms with E-state index in [2.05, 4.69) is 11.9 Å². The summed E-state index contributed by atoms with van der Waals surface area (Å²) >= 11 is 2.97. The molecule has 0 fully saturated rings. The third-order valence-electron chi connectivity index (χ3n) is 5.76.